The minimum absolute atomic E-state index is 0.210. The summed E-state index contributed by atoms with van der Waals surface area (Å²) in [6, 6.07) is 9.29. The fraction of sp³-hybridized carbons (Fsp3) is 0.625. The van der Waals surface area contributed by atoms with E-state index in [9.17, 15) is 0 Å². The van der Waals surface area contributed by atoms with E-state index in [1.54, 1.807) is 0 Å². The van der Waals surface area contributed by atoms with Crippen LogP contribution in [0.3, 0.4) is 0 Å². The summed E-state index contributed by atoms with van der Waals surface area (Å²) in [7, 11) is 0. The lowest BCUT2D eigenvalue weighted by Crippen LogP contribution is -2.32. The Hall–Kier alpha value is -0.860. The van der Waals surface area contributed by atoms with Crippen molar-refractivity contribution in [1.82, 2.24) is 4.90 Å². The number of aliphatic hydroxyl groups is 1. The molecule has 0 aliphatic rings. The summed E-state index contributed by atoms with van der Waals surface area (Å²) in [5.74, 6) is 0. The summed E-state index contributed by atoms with van der Waals surface area (Å²) >= 11 is 0. The van der Waals surface area contributed by atoms with E-state index in [0.717, 1.165) is 13.1 Å². The van der Waals surface area contributed by atoms with Crippen molar-refractivity contribution in [3.8, 4) is 0 Å². The third-order valence-corrected chi connectivity index (χ3v) is 3.32. The largest absolute Gasteiger partial charge is 0.395 e. The molecule has 0 aliphatic heterocycles. The molecule has 0 spiro atoms. The maximum atomic E-state index is 9.07. The van der Waals surface area contributed by atoms with Gasteiger partial charge in [-0.3, -0.25) is 4.90 Å². The van der Waals surface area contributed by atoms with Gasteiger partial charge in [-0.15, -0.1) is 0 Å². The predicted molar refractivity (Wildman–Crippen MR) is 77.8 cm³/mol. The molecule has 2 nitrogen and oxygen atoms in total. The zero-order valence-corrected chi connectivity index (χ0v) is 12.4. The van der Waals surface area contributed by atoms with Crippen molar-refractivity contribution in [2.75, 3.05) is 13.2 Å². The molecule has 0 atom stereocenters. The molecule has 1 N–H and O–H groups in total. The van der Waals surface area contributed by atoms with Gasteiger partial charge in [0.1, 0.15) is 0 Å². The van der Waals surface area contributed by atoms with Crippen molar-refractivity contribution in [2.45, 2.75) is 52.6 Å². The van der Waals surface area contributed by atoms with E-state index in [2.05, 4.69) is 63.8 Å². The van der Waals surface area contributed by atoms with Gasteiger partial charge in [0, 0.05) is 19.1 Å². The molecule has 1 rings (SSSR count). The highest BCUT2D eigenvalue weighted by Crippen LogP contribution is 2.22. The SMILES string of the molecule is CC(C)N(CCO)Cc1ccc(C(C)(C)C)cc1. The average molecular weight is 249 g/mol. The fourth-order valence-electron chi connectivity index (χ4n) is 1.99. The maximum Gasteiger partial charge on any atom is 0.0558 e. The average Bonchev–Trinajstić information content (AvgIpc) is 2.28. The van der Waals surface area contributed by atoms with E-state index in [1.165, 1.54) is 11.1 Å². The molecule has 0 bridgehead atoms. The molecule has 0 saturated heterocycles. The van der Waals surface area contributed by atoms with Gasteiger partial charge in [-0.2, -0.15) is 0 Å². The molecule has 18 heavy (non-hydrogen) atoms. The van der Waals surface area contributed by atoms with Crippen LogP contribution in [0.2, 0.25) is 0 Å². The lowest BCUT2D eigenvalue weighted by atomic mass is 9.87. The molecule has 0 saturated carbocycles. The van der Waals surface area contributed by atoms with Crippen molar-refractivity contribution in [3.05, 3.63) is 35.4 Å². The highest BCUT2D eigenvalue weighted by Gasteiger charge is 2.14. The van der Waals surface area contributed by atoms with Gasteiger partial charge in [0.15, 0.2) is 0 Å². The van der Waals surface area contributed by atoms with E-state index in [1.807, 2.05) is 0 Å². The second-order valence-electron chi connectivity index (χ2n) is 6.23. The van der Waals surface area contributed by atoms with Gasteiger partial charge >= 0.3 is 0 Å². The minimum Gasteiger partial charge on any atom is -0.395 e. The van der Waals surface area contributed by atoms with Gasteiger partial charge in [-0.1, -0.05) is 45.0 Å². The van der Waals surface area contributed by atoms with E-state index >= 15 is 0 Å². The van der Waals surface area contributed by atoms with Crippen LogP contribution in [-0.4, -0.2) is 29.2 Å². The molecule has 0 radical (unpaired) electrons. The van der Waals surface area contributed by atoms with Crippen molar-refractivity contribution < 1.29 is 5.11 Å². The van der Waals surface area contributed by atoms with E-state index in [4.69, 9.17) is 5.11 Å². The molecule has 1 aromatic rings. The van der Waals surface area contributed by atoms with Gasteiger partial charge in [0.2, 0.25) is 0 Å². The molecule has 0 unspecified atom stereocenters. The first-order chi connectivity index (χ1) is 8.34. The summed E-state index contributed by atoms with van der Waals surface area (Å²) in [5, 5.41) is 9.07. The molecule has 0 aromatic heterocycles. The van der Waals surface area contributed by atoms with Gasteiger partial charge in [-0.05, 0) is 30.4 Å². The van der Waals surface area contributed by atoms with Crippen LogP contribution < -0.4 is 0 Å². The first kappa shape index (κ1) is 15.2. The van der Waals surface area contributed by atoms with Crippen LogP contribution >= 0.6 is 0 Å². The van der Waals surface area contributed by atoms with Crippen LogP contribution in [-0.2, 0) is 12.0 Å². The van der Waals surface area contributed by atoms with Crippen LogP contribution in [0.15, 0.2) is 24.3 Å². The molecule has 0 amide bonds. The van der Waals surface area contributed by atoms with E-state index < -0.39 is 0 Å². The highest BCUT2D eigenvalue weighted by molar-refractivity contribution is 5.27. The number of rotatable bonds is 5. The Balaban J connectivity index is 2.73. The lowest BCUT2D eigenvalue weighted by molar-refractivity contribution is 0.159. The van der Waals surface area contributed by atoms with Crippen molar-refractivity contribution in [1.29, 1.82) is 0 Å². The second-order valence-corrected chi connectivity index (χ2v) is 6.23. The second kappa shape index (κ2) is 6.35. The number of aliphatic hydroxyl groups excluding tert-OH is 1. The summed E-state index contributed by atoms with van der Waals surface area (Å²) < 4.78 is 0. The maximum absolute atomic E-state index is 9.07. The molecule has 1 aromatic carbocycles. The Labute approximate surface area is 112 Å². The fourth-order valence-corrected chi connectivity index (χ4v) is 1.99. The predicted octanol–water partition coefficient (Wildman–Crippen LogP) is 3.19. The van der Waals surface area contributed by atoms with Crippen LogP contribution in [0, 0.1) is 0 Å². The molecule has 0 heterocycles. The smallest absolute Gasteiger partial charge is 0.0558 e. The molecule has 102 valence electrons. The minimum atomic E-state index is 0.210. The van der Waals surface area contributed by atoms with Crippen LogP contribution in [0.25, 0.3) is 0 Å². The quantitative estimate of drug-likeness (QED) is 0.866. The summed E-state index contributed by atoms with van der Waals surface area (Å²) in [6.45, 7) is 12.9. The zero-order valence-electron chi connectivity index (χ0n) is 12.4. The van der Waals surface area contributed by atoms with Crippen LogP contribution in [0.1, 0.15) is 45.7 Å². The Morgan fingerprint density at radius 1 is 1.11 bits per heavy atom. The van der Waals surface area contributed by atoms with E-state index in [-0.39, 0.29) is 12.0 Å². The molecule has 0 fully saturated rings. The Kier molecular flexibility index (Phi) is 5.36. The van der Waals surface area contributed by atoms with Crippen molar-refractivity contribution in [3.63, 3.8) is 0 Å². The van der Waals surface area contributed by atoms with Crippen LogP contribution in [0.4, 0.5) is 0 Å². The first-order valence-corrected chi connectivity index (χ1v) is 6.79. The van der Waals surface area contributed by atoms with Crippen molar-refractivity contribution in [2.24, 2.45) is 0 Å². The normalized spacial score (nSPS) is 12.4. The monoisotopic (exact) mass is 249 g/mol. The number of benzene rings is 1. The third kappa shape index (κ3) is 4.43. The zero-order chi connectivity index (χ0) is 13.8. The van der Waals surface area contributed by atoms with Crippen LogP contribution in [0.5, 0.6) is 0 Å². The lowest BCUT2D eigenvalue weighted by Gasteiger charge is -2.26. The van der Waals surface area contributed by atoms with Gasteiger partial charge in [-0.25, -0.2) is 0 Å². The summed E-state index contributed by atoms with van der Waals surface area (Å²) in [4.78, 5) is 2.28. The summed E-state index contributed by atoms with van der Waals surface area (Å²) in [6.07, 6.45) is 0. The van der Waals surface area contributed by atoms with Gasteiger partial charge in [0.05, 0.1) is 6.61 Å². The van der Waals surface area contributed by atoms with Crippen molar-refractivity contribution >= 4 is 0 Å². The number of nitrogens with zero attached hydrogens (tertiary/aromatic N) is 1. The number of hydrogen-bond acceptors (Lipinski definition) is 2. The Morgan fingerprint density at radius 3 is 2.06 bits per heavy atom. The highest BCUT2D eigenvalue weighted by atomic mass is 16.3. The molecular formula is C16H27NO. The molecule has 2 heteroatoms. The Bertz CT molecular complexity index is 348. The first-order valence-electron chi connectivity index (χ1n) is 6.79. The summed E-state index contributed by atoms with van der Waals surface area (Å²) in [5.41, 5.74) is 2.89. The number of hydrogen-bond donors (Lipinski definition) is 1. The standard InChI is InChI=1S/C16H27NO/c1-13(2)17(10-11-18)12-14-6-8-15(9-7-14)16(3,4)5/h6-9,13,18H,10-12H2,1-5H3. The van der Waals surface area contributed by atoms with Gasteiger partial charge in [0.25, 0.3) is 0 Å². The Morgan fingerprint density at radius 2 is 1.67 bits per heavy atom. The molecular weight excluding hydrogens is 222 g/mol. The molecule has 0 aliphatic carbocycles. The van der Waals surface area contributed by atoms with E-state index in [0.29, 0.717) is 6.04 Å². The topological polar surface area (TPSA) is 23.5 Å². The van der Waals surface area contributed by atoms with Gasteiger partial charge < -0.3 is 5.11 Å². The third-order valence-electron chi connectivity index (χ3n) is 3.32.